The van der Waals surface area contributed by atoms with E-state index in [2.05, 4.69) is 10.6 Å². The van der Waals surface area contributed by atoms with Crippen molar-refractivity contribution in [3.8, 4) is 0 Å². The molecule has 7 heteroatoms. The van der Waals surface area contributed by atoms with Crippen molar-refractivity contribution < 1.29 is 24.2 Å². The molecular weight excluding hydrogens is 468 g/mol. The second-order valence-electron chi connectivity index (χ2n) is 10.6. The van der Waals surface area contributed by atoms with Gasteiger partial charge in [0.1, 0.15) is 0 Å². The smallest absolute Gasteiger partial charge is 0.328 e. The van der Waals surface area contributed by atoms with Crippen LogP contribution in [0.1, 0.15) is 60.3 Å². The third-order valence-corrected chi connectivity index (χ3v) is 6.14. The van der Waals surface area contributed by atoms with Gasteiger partial charge < -0.3 is 20.5 Å². The molecule has 0 aromatic heterocycles. The van der Waals surface area contributed by atoms with Crippen molar-refractivity contribution in [3.63, 3.8) is 0 Å². The van der Waals surface area contributed by atoms with E-state index < -0.39 is 29.6 Å². The second kappa shape index (κ2) is 11.1. The lowest BCUT2D eigenvalue weighted by Gasteiger charge is -2.29. The molecule has 0 saturated carbocycles. The summed E-state index contributed by atoms with van der Waals surface area (Å²) in [6.07, 6.45) is -0.632. The summed E-state index contributed by atoms with van der Waals surface area (Å²) in [5.41, 5.74) is 4.03. The zero-order chi connectivity index (χ0) is 27.5. The molecule has 3 N–H and O–H groups in total. The van der Waals surface area contributed by atoms with Crippen LogP contribution in [-0.4, -0.2) is 40.6 Å². The Kier molecular flexibility index (Phi) is 8.39. The van der Waals surface area contributed by atoms with Crippen molar-refractivity contribution in [2.75, 3.05) is 5.32 Å². The molecule has 0 aliphatic carbocycles. The summed E-state index contributed by atoms with van der Waals surface area (Å²) in [6.45, 7) is 13.0. The van der Waals surface area contributed by atoms with Crippen LogP contribution >= 0.6 is 0 Å². The number of nitrogens with one attached hydrogen (secondary N) is 2. The summed E-state index contributed by atoms with van der Waals surface area (Å²) in [5.74, 6) is -2.08. The summed E-state index contributed by atoms with van der Waals surface area (Å²) >= 11 is 0. The van der Waals surface area contributed by atoms with Crippen molar-refractivity contribution in [2.45, 2.75) is 72.6 Å². The van der Waals surface area contributed by atoms with Crippen LogP contribution in [0, 0.1) is 20.8 Å². The van der Waals surface area contributed by atoms with Gasteiger partial charge in [-0.25, -0.2) is 4.79 Å². The van der Waals surface area contributed by atoms with Crippen molar-refractivity contribution in [2.24, 2.45) is 0 Å². The standard InChI is InChI=1S/C30H36N2O5/c1-17-12-18(2)23(19(3)13-17)16-26(33)31-25-15-22-11-9-8-10-21(22)14-24(25)28(34)32-27(29(35)36)20(4)37-30(5,6)7/h8-15,20,27H,16H2,1-7H3,(H,31,33)(H,32,34)(H,35,36)/t20?,27-/m0/s1. The van der Waals surface area contributed by atoms with Gasteiger partial charge in [0.25, 0.3) is 5.91 Å². The topological polar surface area (TPSA) is 105 Å². The molecule has 0 fully saturated rings. The number of rotatable bonds is 8. The molecule has 1 unspecified atom stereocenters. The van der Waals surface area contributed by atoms with Gasteiger partial charge in [-0.15, -0.1) is 0 Å². The number of carbonyl (C=O) groups is 3. The molecule has 3 rings (SSSR count). The van der Waals surface area contributed by atoms with E-state index in [1.807, 2.05) is 77.9 Å². The van der Waals surface area contributed by atoms with Crippen molar-refractivity contribution in [3.05, 3.63) is 76.3 Å². The summed E-state index contributed by atoms with van der Waals surface area (Å²) in [4.78, 5) is 38.5. The largest absolute Gasteiger partial charge is 0.480 e. The van der Waals surface area contributed by atoms with E-state index in [4.69, 9.17) is 4.74 Å². The summed E-state index contributed by atoms with van der Waals surface area (Å²) in [6, 6.07) is 13.7. The lowest BCUT2D eigenvalue weighted by molar-refractivity contribution is -0.146. The molecule has 2 atom stereocenters. The number of hydrogen-bond acceptors (Lipinski definition) is 4. The van der Waals surface area contributed by atoms with Crippen molar-refractivity contribution >= 4 is 34.2 Å². The highest BCUT2D eigenvalue weighted by Crippen LogP contribution is 2.26. The number of carbonyl (C=O) groups excluding carboxylic acids is 2. The maximum absolute atomic E-state index is 13.4. The number of hydrogen-bond donors (Lipinski definition) is 3. The van der Waals surface area contributed by atoms with Gasteiger partial charge in [-0.2, -0.15) is 0 Å². The van der Waals surface area contributed by atoms with E-state index in [1.165, 1.54) is 0 Å². The maximum atomic E-state index is 13.4. The highest BCUT2D eigenvalue weighted by Gasteiger charge is 2.31. The van der Waals surface area contributed by atoms with Gasteiger partial charge in [0.15, 0.2) is 6.04 Å². The number of fused-ring (bicyclic) bond motifs is 1. The van der Waals surface area contributed by atoms with E-state index in [1.54, 1.807) is 19.1 Å². The van der Waals surface area contributed by atoms with Gasteiger partial charge in [0, 0.05) is 0 Å². The van der Waals surface area contributed by atoms with Gasteiger partial charge in [-0.1, -0.05) is 42.0 Å². The fraction of sp³-hybridized carbons (Fsp3) is 0.367. The minimum absolute atomic E-state index is 0.153. The average molecular weight is 505 g/mol. The van der Waals surface area contributed by atoms with Gasteiger partial charge in [-0.05, 0) is 88.1 Å². The highest BCUT2D eigenvalue weighted by molar-refractivity contribution is 6.08. The number of ether oxygens (including phenoxy) is 1. The van der Waals surface area contributed by atoms with Crippen molar-refractivity contribution in [1.82, 2.24) is 5.32 Å². The summed E-state index contributed by atoms with van der Waals surface area (Å²) in [7, 11) is 0. The Balaban J connectivity index is 1.93. The predicted octanol–water partition coefficient (Wildman–Crippen LogP) is 5.33. The first-order chi connectivity index (χ1) is 17.2. The van der Waals surface area contributed by atoms with Crippen LogP contribution in [0.15, 0.2) is 48.5 Å². The molecule has 0 heterocycles. The quantitative estimate of drug-likeness (QED) is 0.384. The third kappa shape index (κ3) is 7.17. The Hall–Kier alpha value is -3.71. The molecule has 0 radical (unpaired) electrons. The third-order valence-electron chi connectivity index (χ3n) is 6.14. The Morgan fingerprint density at radius 1 is 0.946 bits per heavy atom. The average Bonchev–Trinajstić information content (AvgIpc) is 2.77. The Labute approximate surface area is 218 Å². The fourth-order valence-corrected chi connectivity index (χ4v) is 4.60. The lowest BCUT2D eigenvalue weighted by atomic mass is 9.97. The molecule has 3 aromatic carbocycles. The number of anilines is 1. The molecule has 3 aromatic rings. The van der Waals surface area contributed by atoms with Crippen LogP contribution in [0.25, 0.3) is 10.8 Å². The number of aliphatic carboxylic acids is 1. The van der Waals surface area contributed by atoms with Gasteiger partial charge in [-0.3, -0.25) is 9.59 Å². The first-order valence-electron chi connectivity index (χ1n) is 12.4. The normalized spacial score (nSPS) is 13.2. The Morgan fingerprint density at radius 3 is 2.05 bits per heavy atom. The second-order valence-corrected chi connectivity index (χ2v) is 10.6. The molecule has 2 amide bonds. The molecule has 0 aliphatic rings. The van der Waals surface area contributed by atoms with Crippen LogP contribution in [0.2, 0.25) is 0 Å². The van der Waals surface area contributed by atoms with E-state index in [-0.39, 0.29) is 17.9 Å². The van der Waals surface area contributed by atoms with Crippen LogP contribution < -0.4 is 10.6 Å². The minimum atomic E-state index is -1.28. The van der Waals surface area contributed by atoms with Crippen LogP contribution in [0.4, 0.5) is 5.69 Å². The first kappa shape index (κ1) is 27.9. The zero-order valence-electron chi connectivity index (χ0n) is 22.6. The van der Waals surface area contributed by atoms with E-state index in [0.29, 0.717) is 5.69 Å². The molecular formula is C30H36N2O5. The fourth-order valence-electron chi connectivity index (χ4n) is 4.60. The lowest BCUT2D eigenvalue weighted by Crippen LogP contribution is -2.50. The Morgan fingerprint density at radius 2 is 1.51 bits per heavy atom. The van der Waals surface area contributed by atoms with Gasteiger partial charge in [0.05, 0.1) is 29.4 Å². The molecule has 37 heavy (non-hydrogen) atoms. The van der Waals surface area contributed by atoms with Gasteiger partial charge in [0.2, 0.25) is 5.91 Å². The van der Waals surface area contributed by atoms with Crippen molar-refractivity contribution in [1.29, 1.82) is 0 Å². The van der Waals surface area contributed by atoms with E-state index in [9.17, 15) is 19.5 Å². The number of carboxylic acid groups (broad SMARTS) is 1. The van der Waals surface area contributed by atoms with E-state index in [0.717, 1.165) is 33.0 Å². The highest BCUT2D eigenvalue weighted by atomic mass is 16.5. The number of benzene rings is 3. The molecule has 196 valence electrons. The monoisotopic (exact) mass is 504 g/mol. The summed E-state index contributed by atoms with van der Waals surface area (Å²) in [5, 5.41) is 16.9. The van der Waals surface area contributed by atoms with Gasteiger partial charge >= 0.3 is 5.97 Å². The minimum Gasteiger partial charge on any atom is -0.480 e. The van der Waals surface area contributed by atoms with Crippen LogP contribution in [0.5, 0.6) is 0 Å². The van der Waals surface area contributed by atoms with E-state index >= 15 is 0 Å². The number of aryl methyl sites for hydroxylation is 3. The maximum Gasteiger partial charge on any atom is 0.328 e. The summed E-state index contributed by atoms with van der Waals surface area (Å²) < 4.78 is 5.79. The number of carboxylic acids is 1. The zero-order valence-corrected chi connectivity index (χ0v) is 22.6. The molecule has 0 aliphatic heterocycles. The molecule has 0 spiro atoms. The first-order valence-corrected chi connectivity index (χ1v) is 12.4. The predicted molar refractivity (Wildman–Crippen MR) is 146 cm³/mol. The van der Waals surface area contributed by atoms with Crippen LogP contribution in [0.3, 0.4) is 0 Å². The number of amides is 2. The SMILES string of the molecule is Cc1cc(C)c(CC(=O)Nc2cc3ccccc3cc2C(=O)N[C@H](C(=O)O)C(C)OC(C)(C)C)c(C)c1. The molecule has 0 bridgehead atoms. The molecule has 7 nitrogen and oxygen atoms in total. The Bertz CT molecular complexity index is 1320. The van der Waals surface area contributed by atoms with Crippen LogP contribution in [-0.2, 0) is 20.7 Å². The molecule has 0 saturated heterocycles.